The lowest BCUT2D eigenvalue weighted by molar-refractivity contribution is -0.147. The molecule has 1 aliphatic heterocycles. The number of hydrogen-bond acceptors (Lipinski definition) is 3. The number of amides is 2. The molecular weight excluding hydrogens is 196 g/mol. The van der Waals surface area contributed by atoms with Crippen molar-refractivity contribution in [3.05, 3.63) is 0 Å². The lowest BCUT2D eigenvalue weighted by Crippen LogP contribution is -2.56. The number of rotatable bonds is 4. The molecule has 1 N–H and O–H groups in total. The molecule has 2 amide bonds. The van der Waals surface area contributed by atoms with E-state index in [1.165, 1.54) is 6.92 Å². The molecule has 0 spiro atoms. The van der Waals surface area contributed by atoms with Crippen LogP contribution in [-0.4, -0.2) is 59.5 Å². The number of likely N-dealkylation sites (N-methyl/N-ethyl adjacent to an activating group) is 1. The van der Waals surface area contributed by atoms with Gasteiger partial charge in [0.25, 0.3) is 0 Å². The summed E-state index contributed by atoms with van der Waals surface area (Å²) in [6, 6.07) is 0. The van der Waals surface area contributed by atoms with Crippen molar-refractivity contribution in [3.8, 4) is 0 Å². The zero-order valence-electron chi connectivity index (χ0n) is 9.27. The van der Waals surface area contributed by atoms with Gasteiger partial charge in [-0.2, -0.15) is 0 Å². The van der Waals surface area contributed by atoms with Crippen molar-refractivity contribution < 1.29 is 14.7 Å². The Hall–Kier alpha value is -1.10. The third-order valence-electron chi connectivity index (χ3n) is 2.74. The second-order valence-electron chi connectivity index (χ2n) is 3.76. The maximum Gasteiger partial charge on any atom is 0.229 e. The molecule has 1 fully saturated rings. The molecule has 5 heteroatoms. The fraction of sp³-hybridized carbons (Fsp3) is 0.800. The molecule has 0 unspecified atom stereocenters. The van der Waals surface area contributed by atoms with Gasteiger partial charge in [-0.25, -0.2) is 0 Å². The third kappa shape index (κ3) is 2.68. The molecule has 1 heterocycles. The van der Waals surface area contributed by atoms with Crippen molar-refractivity contribution in [2.45, 2.75) is 13.8 Å². The number of carbonyl (C=O) groups is 2. The van der Waals surface area contributed by atoms with E-state index >= 15 is 0 Å². The maximum atomic E-state index is 11.8. The smallest absolute Gasteiger partial charge is 0.229 e. The molecule has 1 rings (SSSR count). The SMILES string of the molecule is CCN(CCO)C(=O)C1CN(C(C)=O)C1. The van der Waals surface area contributed by atoms with Crippen LogP contribution in [0.5, 0.6) is 0 Å². The highest BCUT2D eigenvalue weighted by atomic mass is 16.3. The predicted molar refractivity (Wildman–Crippen MR) is 55.1 cm³/mol. The van der Waals surface area contributed by atoms with E-state index in [9.17, 15) is 9.59 Å². The van der Waals surface area contributed by atoms with Gasteiger partial charge >= 0.3 is 0 Å². The topological polar surface area (TPSA) is 60.9 Å². The van der Waals surface area contributed by atoms with Gasteiger partial charge in [0, 0.05) is 33.1 Å². The van der Waals surface area contributed by atoms with Crippen molar-refractivity contribution in [1.82, 2.24) is 9.80 Å². The summed E-state index contributed by atoms with van der Waals surface area (Å²) in [7, 11) is 0. The van der Waals surface area contributed by atoms with E-state index in [0.717, 1.165) is 0 Å². The number of aliphatic hydroxyl groups is 1. The van der Waals surface area contributed by atoms with Crippen LogP contribution in [0.25, 0.3) is 0 Å². The molecule has 1 saturated heterocycles. The van der Waals surface area contributed by atoms with Crippen LogP contribution in [0.3, 0.4) is 0 Å². The summed E-state index contributed by atoms with van der Waals surface area (Å²) in [5.74, 6) is -0.00583. The molecular formula is C10H18N2O3. The minimum absolute atomic E-state index is 0.0112. The first-order valence-electron chi connectivity index (χ1n) is 5.25. The van der Waals surface area contributed by atoms with Gasteiger partial charge in [-0.15, -0.1) is 0 Å². The first-order chi connectivity index (χ1) is 7.10. The summed E-state index contributed by atoms with van der Waals surface area (Å²) in [6.45, 7) is 5.41. The number of carbonyl (C=O) groups excluding carboxylic acids is 2. The minimum Gasteiger partial charge on any atom is -0.395 e. The monoisotopic (exact) mass is 214 g/mol. The Morgan fingerprint density at radius 3 is 2.47 bits per heavy atom. The predicted octanol–water partition coefficient (Wildman–Crippen LogP) is -0.694. The van der Waals surface area contributed by atoms with Crippen LogP contribution in [0, 0.1) is 5.92 Å². The van der Waals surface area contributed by atoms with Crippen LogP contribution in [0.4, 0.5) is 0 Å². The highest BCUT2D eigenvalue weighted by molar-refractivity contribution is 5.83. The van der Waals surface area contributed by atoms with Crippen molar-refractivity contribution in [1.29, 1.82) is 0 Å². The lowest BCUT2D eigenvalue weighted by Gasteiger charge is -2.39. The lowest BCUT2D eigenvalue weighted by atomic mass is 9.98. The van der Waals surface area contributed by atoms with Gasteiger partial charge in [0.1, 0.15) is 0 Å². The van der Waals surface area contributed by atoms with Crippen LogP contribution < -0.4 is 0 Å². The van der Waals surface area contributed by atoms with Crippen LogP contribution in [0.15, 0.2) is 0 Å². The molecule has 0 aliphatic carbocycles. The molecule has 0 aromatic heterocycles. The zero-order chi connectivity index (χ0) is 11.4. The van der Waals surface area contributed by atoms with Gasteiger partial charge in [-0.3, -0.25) is 9.59 Å². The second-order valence-corrected chi connectivity index (χ2v) is 3.76. The van der Waals surface area contributed by atoms with Crippen molar-refractivity contribution in [3.63, 3.8) is 0 Å². The Morgan fingerprint density at radius 2 is 2.07 bits per heavy atom. The summed E-state index contributed by atoms with van der Waals surface area (Å²) in [6.07, 6.45) is 0. The first kappa shape index (κ1) is 12.0. The highest BCUT2D eigenvalue weighted by Gasteiger charge is 2.35. The van der Waals surface area contributed by atoms with Crippen LogP contribution in [-0.2, 0) is 9.59 Å². The number of likely N-dealkylation sites (tertiary alicyclic amines) is 1. The molecule has 0 saturated carbocycles. The van der Waals surface area contributed by atoms with Gasteiger partial charge in [0.05, 0.1) is 12.5 Å². The van der Waals surface area contributed by atoms with Crippen LogP contribution >= 0.6 is 0 Å². The van der Waals surface area contributed by atoms with Crippen LogP contribution in [0.2, 0.25) is 0 Å². The van der Waals surface area contributed by atoms with Gasteiger partial charge in [-0.05, 0) is 6.92 Å². The van der Waals surface area contributed by atoms with Crippen molar-refractivity contribution in [2.75, 3.05) is 32.8 Å². The van der Waals surface area contributed by atoms with Crippen molar-refractivity contribution >= 4 is 11.8 Å². The quantitative estimate of drug-likeness (QED) is 0.673. The van der Waals surface area contributed by atoms with E-state index in [4.69, 9.17) is 5.11 Å². The Balaban J connectivity index is 2.39. The van der Waals surface area contributed by atoms with Gasteiger partial charge in [0.15, 0.2) is 0 Å². The average molecular weight is 214 g/mol. The van der Waals surface area contributed by atoms with E-state index in [2.05, 4.69) is 0 Å². The summed E-state index contributed by atoms with van der Waals surface area (Å²) < 4.78 is 0. The average Bonchev–Trinajstić information content (AvgIpc) is 2.10. The molecule has 0 radical (unpaired) electrons. The summed E-state index contributed by atoms with van der Waals surface area (Å²) >= 11 is 0. The van der Waals surface area contributed by atoms with E-state index in [0.29, 0.717) is 26.2 Å². The Labute approximate surface area is 89.7 Å². The fourth-order valence-corrected chi connectivity index (χ4v) is 1.69. The summed E-state index contributed by atoms with van der Waals surface area (Å²) in [4.78, 5) is 26.0. The molecule has 0 atom stereocenters. The molecule has 86 valence electrons. The van der Waals surface area contributed by atoms with E-state index in [-0.39, 0.29) is 24.3 Å². The Kier molecular flexibility index (Phi) is 4.08. The maximum absolute atomic E-state index is 11.8. The highest BCUT2D eigenvalue weighted by Crippen LogP contribution is 2.17. The number of nitrogens with zero attached hydrogens (tertiary/aromatic N) is 2. The molecule has 0 aromatic carbocycles. The van der Waals surface area contributed by atoms with Crippen LogP contribution in [0.1, 0.15) is 13.8 Å². The van der Waals surface area contributed by atoms with Gasteiger partial charge in [0.2, 0.25) is 11.8 Å². The Bertz CT molecular complexity index is 249. The second kappa shape index (κ2) is 5.11. The van der Waals surface area contributed by atoms with Gasteiger partial charge in [-0.1, -0.05) is 0 Å². The molecule has 15 heavy (non-hydrogen) atoms. The molecule has 1 aliphatic rings. The fourth-order valence-electron chi connectivity index (χ4n) is 1.69. The third-order valence-corrected chi connectivity index (χ3v) is 2.74. The Morgan fingerprint density at radius 1 is 1.47 bits per heavy atom. The van der Waals surface area contributed by atoms with E-state index in [1.807, 2.05) is 6.92 Å². The zero-order valence-corrected chi connectivity index (χ0v) is 9.27. The molecule has 0 aromatic rings. The molecule has 5 nitrogen and oxygen atoms in total. The largest absolute Gasteiger partial charge is 0.395 e. The summed E-state index contributed by atoms with van der Waals surface area (Å²) in [5, 5.41) is 8.77. The number of aliphatic hydroxyl groups excluding tert-OH is 1. The normalized spacial score (nSPS) is 16.1. The first-order valence-corrected chi connectivity index (χ1v) is 5.25. The van der Waals surface area contributed by atoms with E-state index < -0.39 is 0 Å². The minimum atomic E-state index is -0.0691. The van der Waals surface area contributed by atoms with E-state index in [1.54, 1.807) is 9.80 Å². The number of hydrogen-bond donors (Lipinski definition) is 1. The summed E-state index contributed by atoms with van der Waals surface area (Å²) in [5.41, 5.74) is 0. The van der Waals surface area contributed by atoms with Gasteiger partial charge < -0.3 is 14.9 Å². The molecule has 0 bridgehead atoms. The standard InChI is InChI=1S/C10H18N2O3/c1-3-11(4-5-13)10(15)9-6-12(7-9)8(2)14/h9,13H,3-7H2,1-2H3. The van der Waals surface area contributed by atoms with Crippen molar-refractivity contribution in [2.24, 2.45) is 5.92 Å².